The average Bonchev–Trinajstić information content (AvgIpc) is 2.09. The maximum atomic E-state index is 12.7. The molecule has 5 heteroatoms. The van der Waals surface area contributed by atoms with Crippen LogP contribution in [0.1, 0.15) is 12.0 Å². The second-order valence-electron chi connectivity index (χ2n) is 2.41. The number of rotatable bonds is 2. The van der Waals surface area contributed by atoms with Crippen molar-refractivity contribution in [2.75, 3.05) is 12.4 Å². The van der Waals surface area contributed by atoms with Gasteiger partial charge in [-0.25, -0.2) is 17.6 Å². The summed E-state index contributed by atoms with van der Waals surface area (Å²) < 4.78 is 49.5. The van der Waals surface area contributed by atoms with Gasteiger partial charge in [-0.15, -0.1) is 0 Å². The largest absolute Gasteiger partial charge is 0.388 e. The summed E-state index contributed by atoms with van der Waals surface area (Å²) in [5.41, 5.74) is -0.807. The molecule has 0 aromatic heterocycles. The molecular weight excluding hydrogens is 186 g/mol. The Morgan fingerprint density at radius 1 is 1.23 bits per heavy atom. The van der Waals surface area contributed by atoms with Crippen LogP contribution >= 0.6 is 0 Å². The van der Waals surface area contributed by atoms with E-state index in [4.69, 9.17) is 0 Å². The molecule has 0 fully saturated rings. The summed E-state index contributed by atoms with van der Waals surface area (Å²) in [5, 5.41) is 2.45. The Hall–Kier alpha value is -1.26. The molecule has 72 valence electrons. The van der Waals surface area contributed by atoms with E-state index >= 15 is 0 Å². The molecule has 0 amide bonds. The summed E-state index contributed by atoms with van der Waals surface area (Å²) in [5.74, 6) is -2.77. The first kappa shape index (κ1) is 9.83. The molecule has 0 radical (unpaired) electrons. The smallest absolute Gasteiger partial charge is 0.266 e. The predicted molar refractivity (Wildman–Crippen MR) is 40.9 cm³/mol. The van der Waals surface area contributed by atoms with Crippen LogP contribution in [0.25, 0.3) is 0 Å². The highest BCUT2D eigenvalue weighted by atomic mass is 19.3. The van der Waals surface area contributed by atoms with Gasteiger partial charge >= 0.3 is 0 Å². The van der Waals surface area contributed by atoms with Gasteiger partial charge in [-0.05, 0) is 6.07 Å². The molecular formula is C8H7F4N. The lowest BCUT2D eigenvalue weighted by Crippen LogP contribution is -1.98. The fourth-order valence-corrected chi connectivity index (χ4v) is 0.913. The lowest BCUT2D eigenvalue weighted by molar-refractivity contribution is 0.145. The van der Waals surface area contributed by atoms with Gasteiger partial charge in [0.1, 0.15) is 0 Å². The Bertz CT molecular complexity index is 311. The normalized spacial score (nSPS) is 10.6. The summed E-state index contributed by atoms with van der Waals surface area (Å²) in [4.78, 5) is 0. The Labute approximate surface area is 72.4 Å². The topological polar surface area (TPSA) is 12.0 Å². The molecule has 0 aliphatic rings. The van der Waals surface area contributed by atoms with Gasteiger partial charge in [-0.2, -0.15) is 0 Å². The number of halogens is 4. The lowest BCUT2D eigenvalue weighted by atomic mass is 10.2. The Morgan fingerprint density at radius 2 is 1.85 bits per heavy atom. The number of anilines is 1. The zero-order valence-electron chi connectivity index (χ0n) is 6.74. The molecule has 1 N–H and O–H groups in total. The van der Waals surface area contributed by atoms with E-state index in [1.165, 1.54) is 7.05 Å². The van der Waals surface area contributed by atoms with Crippen LogP contribution in [0.5, 0.6) is 0 Å². The highest BCUT2D eigenvalue weighted by Gasteiger charge is 2.17. The van der Waals surface area contributed by atoms with Crippen molar-refractivity contribution >= 4 is 5.69 Å². The summed E-state index contributed by atoms with van der Waals surface area (Å²) in [6, 6.07) is 1.70. The van der Waals surface area contributed by atoms with Crippen LogP contribution in [0, 0.1) is 11.6 Å². The minimum absolute atomic E-state index is 0.120. The van der Waals surface area contributed by atoms with Crippen molar-refractivity contribution in [1.82, 2.24) is 0 Å². The minimum Gasteiger partial charge on any atom is -0.388 e. The number of hydrogen-bond donors (Lipinski definition) is 1. The third-order valence-electron chi connectivity index (χ3n) is 1.58. The molecule has 0 saturated heterocycles. The number of hydrogen-bond acceptors (Lipinski definition) is 1. The monoisotopic (exact) mass is 193 g/mol. The maximum Gasteiger partial charge on any atom is 0.266 e. The van der Waals surface area contributed by atoms with E-state index in [0.717, 1.165) is 12.1 Å². The van der Waals surface area contributed by atoms with E-state index in [1.54, 1.807) is 0 Å². The van der Waals surface area contributed by atoms with E-state index in [0.29, 0.717) is 0 Å². The van der Waals surface area contributed by atoms with E-state index in [-0.39, 0.29) is 5.69 Å². The Morgan fingerprint density at radius 3 is 2.31 bits per heavy atom. The summed E-state index contributed by atoms with van der Waals surface area (Å²) in [7, 11) is 1.43. The van der Waals surface area contributed by atoms with Crippen molar-refractivity contribution in [3.05, 3.63) is 29.3 Å². The van der Waals surface area contributed by atoms with Crippen molar-refractivity contribution in [3.8, 4) is 0 Å². The van der Waals surface area contributed by atoms with Crippen LogP contribution in [-0.2, 0) is 0 Å². The first-order chi connectivity index (χ1) is 6.06. The molecule has 0 aliphatic heterocycles. The number of nitrogens with one attached hydrogen (secondary N) is 1. The van der Waals surface area contributed by atoms with Crippen LogP contribution in [0.4, 0.5) is 23.2 Å². The lowest BCUT2D eigenvalue weighted by Gasteiger charge is -2.06. The molecule has 0 heterocycles. The van der Waals surface area contributed by atoms with Gasteiger partial charge in [0.2, 0.25) is 0 Å². The van der Waals surface area contributed by atoms with E-state index in [2.05, 4.69) is 5.32 Å². The van der Waals surface area contributed by atoms with Gasteiger partial charge < -0.3 is 5.32 Å². The van der Waals surface area contributed by atoms with Crippen molar-refractivity contribution in [2.45, 2.75) is 6.43 Å². The Kier molecular flexibility index (Phi) is 2.75. The molecule has 1 nitrogen and oxygen atoms in total. The molecule has 1 rings (SSSR count). The van der Waals surface area contributed by atoms with Crippen LogP contribution in [-0.4, -0.2) is 7.05 Å². The third kappa shape index (κ3) is 1.91. The number of alkyl halides is 2. The van der Waals surface area contributed by atoms with Gasteiger partial charge in [-0.3, -0.25) is 0 Å². The molecule has 0 bridgehead atoms. The number of benzene rings is 1. The van der Waals surface area contributed by atoms with Gasteiger partial charge in [0.15, 0.2) is 11.6 Å². The van der Waals surface area contributed by atoms with Crippen LogP contribution in [0.15, 0.2) is 12.1 Å². The summed E-state index contributed by atoms with van der Waals surface area (Å²) in [6.07, 6.45) is -3.01. The fraction of sp³-hybridized carbons (Fsp3) is 0.250. The summed E-state index contributed by atoms with van der Waals surface area (Å²) in [6.45, 7) is 0. The zero-order valence-corrected chi connectivity index (χ0v) is 6.74. The van der Waals surface area contributed by atoms with Crippen LogP contribution < -0.4 is 5.32 Å². The standard InChI is InChI=1S/C8H7F4N/c1-13-4-2-5(8(11)12)7(10)6(9)3-4/h2-3,8,13H,1H3. The minimum atomic E-state index is -3.01. The quantitative estimate of drug-likeness (QED) is 0.712. The second kappa shape index (κ2) is 3.64. The fourth-order valence-electron chi connectivity index (χ4n) is 0.913. The van der Waals surface area contributed by atoms with Gasteiger partial charge in [0.25, 0.3) is 6.43 Å². The molecule has 0 unspecified atom stereocenters. The Balaban J connectivity index is 3.25. The maximum absolute atomic E-state index is 12.7. The molecule has 0 aliphatic carbocycles. The third-order valence-corrected chi connectivity index (χ3v) is 1.58. The van der Waals surface area contributed by atoms with Crippen molar-refractivity contribution in [1.29, 1.82) is 0 Å². The van der Waals surface area contributed by atoms with Crippen LogP contribution in [0.3, 0.4) is 0 Å². The highest BCUT2D eigenvalue weighted by molar-refractivity contribution is 5.46. The van der Waals surface area contributed by atoms with Crippen molar-refractivity contribution < 1.29 is 17.6 Å². The van der Waals surface area contributed by atoms with Crippen molar-refractivity contribution in [2.24, 2.45) is 0 Å². The zero-order chi connectivity index (χ0) is 10.0. The molecule has 1 aromatic rings. The van der Waals surface area contributed by atoms with Gasteiger partial charge in [0.05, 0.1) is 5.56 Å². The summed E-state index contributed by atoms with van der Waals surface area (Å²) >= 11 is 0. The highest BCUT2D eigenvalue weighted by Crippen LogP contribution is 2.26. The molecule has 0 saturated carbocycles. The SMILES string of the molecule is CNc1cc(F)c(F)c(C(F)F)c1. The first-order valence-electron chi connectivity index (χ1n) is 3.51. The van der Waals surface area contributed by atoms with E-state index in [9.17, 15) is 17.6 Å². The van der Waals surface area contributed by atoms with E-state index < -0.39 is 23.6 Å². The van der Waals surface area contributed by atoms with E-state index in [1.807, 2.05) is 0 Å². The van der Waals surface area contributed by atoms with Crippen LogP contribution in [0.2, 0.25) is 0 Å². The second-order valence-corrected chi connectivity index (χ2v) is 2.41. The molecule has 0 spiro atoms. The van der Waals surface area contributed by atoms with Crippen molar-refractivity contribution in [3.63, 3.8) is 0 Å². The molecule has 13 heavy (non-hydrogen) atoms. The predicted octanol–water partition coefficient (Wildman–Crippen LogP) is 2.94. The average molecular weight is 193 g/mol. The molecule has 0 atom stereocenters. The van der Waals surface area contributed by atoms with Gasteiger partial charge in [0, 0.05) is 18.8 Å². The molecule has 1 aromatic carbocycles. The first-order valence-corrected chi connectivity index (χ1v) is 3.51. The van der Waals surface area contributed by atoms with Gasteiger partial charge in [-0.1, -0.05) is 0 Å².